The Morgan fingerprint density at radius 3 is 2.65 bits per heavy atom. The molecule has 2 N–H and O–H groups in total. The summed E-state index contributed by atoms with van der Waals surface area (Å²) in [6.07, 6.45) is 1.12. The predicted octanol–water partition coefficient (Wildman–Crippen LogP) is 1.08. The molecule has 6 heteroatoms. The quantitative estimate of drug-likeness (QED) is 0.734. The zero-order valence-corrected chi connectivity index (χ0v) is 12.8. The number of carbonyl (C=O) groups is 2. The van der Waals surface area contributed by atoms with Gasteiger partial charge in [-0.1, -0.05) is 13.8 Å². The van der Waals surface area contributed by atoms with E-state index in [9.17, 15) is 9.59 Å². The first-order valence-corrected chi connectivity index (χ1v) is 7.45. The highest BCUT2D eigenvalue weighted by Crippen LogP contribution is 2.14. The molecule has 1 heterocycles. The molecule has 20 heavy (non-hydrogen) atoms. The van der Waals surface area contributed by atoms with E-state index in [-0.39, 0.29) is 12.6 Å². The number of nitrogens with zero attached hydrogens (tertiary/aromatic N) is 2. The van der Waals surface area contributed by atoms with Gasteiger partial charge in [0.2, 0.25) is 0 Å². The van der Waals surface area contributed by atoms with Crippen LogP contribution in [0.2, 0.25) is 0 Å². The number of aliphatic carboxylic acids is 1. The number of hydrogen-bond donors (Lipinski definition) is 2. The highest BCUT2D eigenvalue weighted by atomic mass is 16.4. The second-order valence-electron chi connectivity index (χ2n) is 5.51. The maximum absolute atomic E-state index is 12.0. The number of urea groups is 1. The fraction of sp³-hybridized carbons (Fsp3) is 0.857. The fourth-order valence-electron chi connectivity index (χ4n) is 2.47. The van der Waals surface area contributed by atoms with Crippen LogP contribution in [0.1, 0.15) is 27.2 Å². The zero-order valence-electron chi connectivity index (χ0n) is 12.8. The molecule has 1 fully saturated rings. The molecule has 1 aliphatic rings. The van der Waals surface area contributed by atoms with Crippen molar-refractivity contribution < 1.29 is 14.7 Å². The lowest BCUT2D eigenvalue weighted by Gasteiger charge is -2.24. The van der Waals surface area contributed by atoms with Crippen LogP contribution in [0, 0.1) is 11.8 Å². The van der Waals surface area contributed by atoms with E-state index in [4.69, 9.17) is 5.11 Å². The van der Waals surface area contributed by atoms with Gasteiger partial charge >= 0.3 is 12.0 Å². The minimum absolute atomic E-state index is 0.157. The van der Waals surface area contributed by atoms with Crippen LogP contribution in [0.4, 0.5) is 4.79 Å². The van der Waals surface area contributed by atoms with E-state index in [0.717, 1.165) is 26.1 Å². The van der Waals surface area contributed by atoms with Gasteiger partial charge in [0.1, 0.15) is 0 Å². The van der Waals surface area contributed by atoms with Crippen molar-refractivity contribution in [3.05, 3.63) is 0 Å². The van der Waals surface area contributed by atoms with E-state index in [1.54, 1.807) is 11.8 Å². The lowest BCUT2D eigenvalue weighted by atomic mass is 10.1. The third-order valence-electron chi connectivity index (χ3n) is 3.94. The van der Waals surface area contributed by atoms with Crippen LogP contribution in [0.15, 0.2) is 0 Å². The number of nitrogens with one attached hydrogen (secondary N) is 1. The fourth-order valence-corrected chi connectivity index (χ4v) is 2.47. The lowest BCUT2D eigenvalue weighted by Crippen LogP contribution is -2.44. The van der Waals surface area contributed by atoms with Crippen LogP contribution in [-0.4, -0.2) is 66.2 Å². The van der Waals surface area contributed by atoms with E-state index in [2.05, 4.69) is 17.1 Å². The van der Waals surface area contributed by atoms with Crippen LogP contribution in [0.3, 0.4) is 0 Å². The molecule has 0 aliphatic carbocycles. The van der Waals surface area contributed by atoms with Gasteiger partial charge in [0.05, 0.1) is 5.92 Å². The van der Waals surface area contributed by atoms with Crippen LogP contribution >= 0.6 is 0 Å². The van der Waals surface area contributed by atoms with Crippen LogP contribution in [-0.2, 0) is 4.79 Å². The van der Waals surface area contributed by atoms with Crippen molar-refractivity contribution in [1.82, 2.24) is 15.1 Å². The van der Waals surface area contributed by atoms with Crippen molar-refractivity contribution in [3.63, 3.8) is 0 Å². The van der Waals surface area contributed by atoms with Crippen LogP contribution in [0.5, 0.6) is 0 Å². The zero-order chi connectivity index (χ0) is 15.1. The molecule has 116 valence electrons. The SMILES string of the molecule is CCN1CCC(CNC(=O)N(CC)CC(C)C(=O)O)C1. The minimum Gasteiger partial charge on any atom is -0.481 e. The number of likely N-dealkylation sites (tertiary alicyclic amines) is 1. The second kappa shape index (κ2) is 8.09. The topological polar surface area (TPSA) is 72.9 Å². The van der Waals surface area contributed by atoms with E-state index in [0.29, 0.717) is 19.0 Å². The molecule has 1 rings (SSSR count). The van der Waals surface area contributed by atoms with Crippen LogP contribution < -0.4 is 5.32 Å². The highest BCUT2D eigenvalue weighted by molar-refractivity contribution is 5.75. The van der Waals surface area contributed by atoms with Gasteiger partial charge in [-0.15, -0.1) is 0 Å². The van der Waals surface area contributed by atoms with E-state index in [1.165, 1.54) is 0 Å². The monoisotopic (exact) mass is 285 g/mol. The molecular formula is C14H27N3O3. The number of amides is 2. The van der Waals surface area contributed by atoms with Gasteiger partial charge < -0.3 is 20.2 Å². The molecule has 6 nitrogen and oxygen atoms in total. The normalized spacial score (nSPS) is 20.6. The predicted molar refractivity (Wildman–Crippen MR) is 77.7 cm³/mol. The van der Waals surface area contributed by atoms with Gasteiger partial charge in [-0.25, -0.2) is 4.79 Å². The minimum atomic E-state index is -0.870. The van der Waals surface area contributed by atoms with E-state index >= 15 is 0 Å². The molecule has 0 spiro atoms. The smallest absolute Gasteiger partial charge is 0.317 e. The summed E-state index contributed by atoms with van der Waals surface area (Å²) in [6, 6.07) is -0.157. The van der Waals surface area contributed by atoms with Crippen molar-refractivity contribution >= 4 is 12.0 Å². The number of hydrogen-bond acceptors (Lipinski definition) is 3. The van der Waals surface area contributed by atoms with E-state index < -0.39 is 11.9 Å². The number of carbonyl (C=O) groups excluding carboxylic acids is 1. The summed E-state index contributed by atoms with van der Waals surface area (Å²) in [5.41, 5.74) is 0. The molecule has 2 amide bonds. The molecule has 0 aromatic rings. The van der Waals surface area contributed by atoms with Crippen molar-refractivity contribution in [2.45, 2.75) is 27.2 Å². The maximum atomic E-state index is 12.0. The van der Waals surface area contributed by atoms with Crippen LogP contribution in [0.25, 0.3) is 0 Å². The van der Waals surface area contributed by atoms with Gasteiger partial charge in [-0.2, -0.15) is 0 Å². The maximum Gasteiger partial charge on any atom is 0.317 e. The Kier molecular flexibility index (Phi) is 6.78. The summed E-state index contributed by atoms with van der Waals surface area (Å²) in [7, 11) is 0. The molecule has 1 aliphatic heterocycles. The number of carboxylic acids is 1. The third kappa shape index (κ3) is 5.00. The van der Waals surface area contributed by atoms with Gasteiger partial charge in [0.15, 0.2) is 0 Å². The van der Waals surface area contributed by atoms with Gasteiger partial charge in [0.25, 0.3) is 0 Å². The molecule has 0 saturated carbocycles. The first kappa shape index (κ1) is 16.8. The van der Waals surface area contributed by atoms with Crippen molar-refractivity contribution in [3.8, 4) is 0 Å². The second-order valence-corrected chi connectivity index (χ2v) is 5.51. The summed E-state index contributed by atoms with van der Waals surface area (Å²) in [5.74, 6) is -0.900. The van der Waals surface area contributed by atoms with Gasteiger partial charge in [0, 0.05) is 26.2 Å². The molecule has 2 unspecified atom stereocenters. The Balaban J connectivity index is 2.34. The molecule has 0 aromatic heterocycles. The average molecular weight is 285 g/mol. The van der Waals surface area contributed by atoms with Crippen molar-refractivity contribution in [2.24, 2.45) is 11.8 Å². The summed E-state index contributed by atoms with van der Waals surface area (Å²) >= 11 is 0. The Morgan fingerprint density at radius 2 is 2.15 bits per heavy atom. The largest absolute Gasteiger partial charge is 0.481 e. The Bertz CT molecular complexity index is 336. The molecular weight excluding hydrogens is 258 g/mol. The Morgan fingerprint density at radius 1 is 1.45 bits per heavy atom. The average Bonchev–Trinajstić information content (AvgIpc) is 2.89. The van der Waals surface area contributed by atoms with Crippen molar-refractivity contribution in [1.29, 1.82) is 0 Å². The summed E-state index contributed by atoms with van der Waals surface area (Å²) < 4.78 is 0. The summed E-state index contributed by atoms with van der Waals surface area (Å²) in [6.45, 7) is 10.3. The molecule has 2 atom stereocenters. The number of rotatable bonds is 7. The molecule has 0 radical (unpaired) electrons. The highest BCUT2D eigenvalue weighted by Gasteiger charge is 2.23. The van der Waals surface area contributed by atoms with Gasteiger partial charge in [-0.05, 0) is 32.4 Å². The van der Waals surface area contributed by atoms with Gasteiger partial charge in [-0.3, -0.25) is 4.79 Å². The first-order valence-electron chi connectivity index (χ1n) is 7.45. The Hall–Kier alpha value is -1.30. The first-order chi connectivity index (χ1) is 9.47. The molecule has 0 aromatic carbocycles. The summed E-state index contributed by atoms with van der Waals surface area (Å²) in [5, 5.41) is 11.8. The van der Waals surface area contributed by atoms with Crippen molar-refractivity contribution in [2.75, 3.05) is 39.3 Å². The summed E-state index contributed by atoms with van der Waals surface area (Å²) in [4.78, 5) is 26.8. The van der Waals surface area contributed by atoms with E-state index in [1.807, 2.05) is 6.92 Å². The number of carboxylic acid groups (broad SMARTS) is 1. The molecule has 1 saturated heterocycles. The third-order valence-corrected chi connectivity index (χ3v) is 3.94. The lowest BCUT2D eigenvalue weighted by molar-refractivity contribution is -0.141. The standard InChI is InChI=1S/C14H27N3O3/c1-4-16-7-6-12(10-16)8-15-14(20)17(5-2)9-11(3)13(18)19/h11-12H,4-10H2,1-3H3,(H,15,20)(H,18,19). The Labute approximate surface area is 121 Å². The molecule has 0 bridgehead atoms.